The van der Waals surface area contributed by atoms with Gasteiger partial charge < -0.3 is 5.11 Å². The average molecular weight is 210 g/mol. The van der Waals surface area contributed by atoms with Crippen molar-refractivity contribution in [3.05, 3.63) is 17.6 Å². The number of fused-ring (bicyclic) bond motifs is 1. The molecule has 0 saturated heterocycles. The van der Waals surface area contributed by atoms with Crippen LogP contribution in [0.5, 0.6) is 0 Å². The minimum absolute atomic E-state index is 0.0881. The maximum atomic E-state index is 10.6. The van der Waals surface area contributed by atoms with Crippen LogP contribution >= 0.6 is 12.6 Å². The third-order valence-electron chi connectivity index (χ3n) is 1.62. The summed E-state index contributed by atoms with van der Waals surface area (Å²) in [5.74, 6) is -0.341. The largest absolute Gasteiger partial charge is 0.477 e. The van der Waals surface area contributed by atoms with Crippen molar-refractivity contribution in [1.29, 1.82) is 0 Å². The highest BCUT2D eigenvalue weighted by Crippen LogP contribution is 2.09. The van der Waals surface area contributed by atoms with Gasteiger partial charge in [0.1, 0.15) is 10.9 Å². The van der Waals surface area contributed by atoms with E-state index in [-0.39, 0.29) is 11.5 Å². The topological polar surface area (TPSA) is 80.4 Å². The lowest BCUT2D eigenvalue weighted by atomic mass is 10.4. The number of aryl methyl sites for hydroxylation is 1. The molecule has 0 aliphatic carbocycles. The molecule has 72 valence electrons. The number of carboxylic acids is 1. The van der Waals surface area contributed by atoms with Crippen LogP contribution in [0, 0.1) is 6.92 Å². The lowest BCUT2D eigenvalue weighted by Crippen LogP contribution is -2.04. The van der Waals surface area contributed by atoms with Crippen LogP contribution in [0.1, 0.15) is 16.3 Å². The first-order chi connectivity index (χ1) is 6.58. The SMILES string of the molecule is Cc1nc2nc(C(=O)O)cc(S)n2n1. The second-order valence-electron chi connectivity index (χ2n) is 2.68. The smallest absolute Gasteiger partial charge is 0.354 e. The molecule has 0 amide bonds. The third kappa shape index (κ3) is 1.31. The van der Waals surface area contributed by atoms with E-state index in [0.717, 1.165) is 0 Å². The monoisotopic (exact) mass is 210 g/mol. The predicted octanol–water partition coefficient (Wildman–Crippen LogP) is 0.420. The van der Waals surface area contributed by atoms with Gasteiger partial charge in [0, 0.05) is 6.07 Å². The Hall–Kier alpha value is -1.63. The Labute approximate surface area is 84.0 Å². The maximum Gasteiger partial charge on any atom is 0.354 e. The van der Waals surface area contributed by atoms with Gasteiger partial charge in [-0.1, -0.05) is 0 Å². The van der Waals surface area contributed by atoms with E-state index >= 15 is 0 Å². The molecule has 0 radical (unpaired) electrons. The van der Waals surface area contributed by atoms with Gasteiger partial charge in [0.25, 0.3) is 5.78 Å². The summed E-state index contributed by atoms with van der Waals surface area (Å²) in [6.07, 6.45) is 0. The van der Waals surface area contributed by atoms with E-state index in [1.165, 1.54) is 10.6 Å². The van der Waals surface area contributed by atoms with Gasteiger partial charge in [-0.15, -0.1) is 17.7 Å². The van der Waals surface area contributed by atoms with Crippen molar-refractivity contribution in [1.82, 2.24) is 19.6 Å². The minimum Gasteiger partial charge on any atom is -0.477 e. The molecule has 2 aromatic rings. The van der Waals surface area contributed by atoms with Crippen LogP contribution in [0.4, 0.5) is 0 Å². The van der Waals surface area contributed by atoms with Crippen LogP contribution in [0.2, 0.25) is 0 Å². The lowest BCUT2D eigenvalue weighted by molar-refractivity contribution is 0.0690. The van der Waals surface area contributed by atoms with Crippen molar-refractivity contribution in [3.63, 3.8) is 0 Å². The minimum atomic E-state index is -1.11. The predicted molar refractivity (Wildman–Crippen MR) is 49.7 cm³/mol. The molecule has 7 heteroatoms. The lowest BCUT2D eigenvalue weighted by Gasteiger charge is -1.97. The Bertz CT molecular complexity index is 522. The molecule has 2 rings (SSSR count). The second kappa shape index (κ2) is 2.95. The zero-order valence-electron chi connectivity index (χ0n) is 7.17. The summed E-state index contributed by atoms with van der Waals surface area (Å²) < 4.78 is 1.38. The number of thiol groups is 1. The van der Waals surface area contributed by atoms with Crippen molar-refractivity contribution in [2.45, 2.75) is 11.9 Å². The Morgan fingerprint density at radius 1 is 1.57 bits per heavy atom. The standard InChI is InChI=1S/C7H6N4O2S/c1-3-8-7-9-4(6(12)13)2-5(14)11(7)10-3/h2,14H,1H3,(H,12,13). The summed E-state index contributed by atoms with van der Waals surface area (Å²) in [5, 5.41) is 13.1. The molecule has 2 heterocycles. The number of nitrogens with zero attached hydrogens (tertiary/aromatic N) is 4. The average Bonchev–Trinajstić information content (AvgIpc) is 2.45. The first-order valence-electron chi connectivity index (χ1n) is 3.74. The molecule has 0 atom stereocenters. The molecule has 0 spiro atoms. The zero-order valence-corrected chi connectivity index (χ0v) is 8.06. The summed E-state index contributed by atoms with van der Waals surface area (Å²) in [7, 11) is 0. The third-order valence-corrected chi connectivity index (χ3v) is 1.94. The summed E-state index contributed by atoms with van der Waals surface area (Å²) in [6, 6.07) is 1.33. The van der Waals surface area contributed by atoms with Crippen LogP contribution in [0.15, 0.2) is 11.1 Å². The number of hydrogen-bond acceptors (Lipinski definition) is 5. The first-order valence-corrected chi connectivity index (χ1v) is 4.19. The Kier molecular flexibility index (Phi) is 1.88. The number of carboxylic acid groups (broad SMARTS) is 1. The van der Waals surface area contributed by atoms with Crippen molar-refractivity contribution in [2.24, 2.45) is 0 Å². The molecule has 0 saturated carbocycles. The molecular formula is C7H6N4O2S. The summed E-state index contributed by atoms with van der Waals surface area (Å²) >= 11 is 4.09. The van der Waals surface area contributed by atoms with Gasteiger partial charge in [0.15, 0.2) is 5.69 Å². The molecule has 0 bridgehead atoms. The summed E-state index contributed by atoms with van der Waals surface area (Å²) in [4.78, 5) is 18.4. The fraction of sp³-hybridized carbons (Fsp3) is 0.143. The van der Waals surface area contributed by atoms with Gasteiger partial charge in [-0.3, -0.25) is 0 Å². The van der Waals surface area contributed by atoms with E-state index < -0.39 is 5.97 Å². The molecule has 0 aliphatic rings. The molecule has 2 aromatic heterocycles. The van der Waals surface area contributed by atoms with Crippen molar-refractivity contribution >= 4 is 24.4 Å². The first kappa shape index (κ1) is 8.95. The van der Waals surface area contributed by atoms with E-state index in [1.807, 2.05) is 0 Å². The number of rotatable bonds is 1. The molecule has 14 heavy (non-hydrogen) atoms. The number of aromatic carboxylic acids is 1. The quantitative estimate of drug-likeness (QED) is 0.526. The summed E-state index contributed by atoms with van der Waals surface area (Å²) in [5.41, 5.74) is -0.0881. The van der Waals surface area contributed by atoms with Crippen molar-refractivity contribution < 1.29 is 9.90 Å². The highest BCUT2D eigenvalue weighted by Gasteiger charge is 2.11. The zero-order chi connectivity index (χ0) is 10.3. The van der Waals surface area contributed by atoms with E-state index in [1.54, 1.807) is 6.92 Å². The van der Waals surface area contributed by atoms with Crippen LogP contribution < -0.4 is 0 Å². The highest BCUT2D eigenvalue weighted by molar-refractivity contribution is 7.80. The second-order valence-corrected chi connectivity index (χ2v) is 3.13. The van der Waals surface area contributed by atoms with Crippen LogP contribution in [-0.2, 0) is 0 Å². The molecule has 0 unspecified atom stereocenters. The van der Waals surface area contributed by atoms with E-state index in [2.05, 4.69) is 27.7 Å². The van der Waals surface area contributed by atoms with Crippen LogP contribution in [0.3, 0.4) is 0 Å². The number of aromatic nitrogens is 4. The fourth-order valence-corrected chi connectivity index (χ4v) is 1.32. The van der Waals surface area contributed by atoms with E-state index in [9.17, 15) is 4.79 Å². The van der Waals surface area contributed by atoms with Gasteiger partial charge in [0.2, 0.25) is 0 Å². The normalized spacial score (nSPS) is 10.7. The Morgan fingerprint density at radius 3 is 2.93 bits per heavy atom. The maximum absolute atomic E-state index is 10.6. The van der Waals surface area contributed by atoms with E-state index in [0.29, 0.717) is 10.9 Å². The molecule has 6 nitrogen and oxygen atoms in total. The Morgan fingerprint density at radius 2 is 2.29 bits per heavy atom. The molecule has 0 aromatic carbocycles. The van der Waals surface area contributed by atoms with Gasteiger partial charge >= 0.3 is 5.97 Å². The Balaban J connectivity index is 2.77. The van der Waals surface area contributed by atoms with Gasteiger partial charge in [-0.05, 0) is 6.92 Å². The molecule has 0 fully saturated rings. The van der Waals surface area contributed by atoms with Gasteiger partial charge in [-0.25, -0.2) is 9.78 Å². The van der Waals surface area contributed by atoms with Gasteiger partial charge in [0.05, 0.1) is 0 Å². The summed E-state index contributed by atoms with van der Waals surface area (Å²) in [6.45, 7) is 1.70. The molecular weight excluding hydrogens is 204 g/mol. The van der Waals surface area contributed by atoms with Crippen LogP contribution in [0.25, 0.3) is 5.78 Å². The van der Waals surface area contributed by atoms with Gasteiger partial charge in [-0.2, -0.15) is 9.50 Å². The van der Waals surface area contributed by atoms with Crippen molar-refractivity contribution in [3.8, 4) is 0 Å². The molecule has 1 N–H and O–H groups in total. The van der Waals surface area contributed by atoms with Crippen molar-refractivity contribution in [2.75, 3.05) is 0 Å². The molecule has 0 aliphatic heterocycles. The highest BCUT2D eigenvalue weighted by atomic mass is 32.1. The fourth-order valence-electron chi connectivity index (χ4n) is 1.06. The number of hydrogen-bond donors (Lipinski definition) is 2. The number of carbonyl (C=O) groups is 1. The van der Waals surface area contributed by atoms with Crippen LogP contribution in [-0.4, -0.2) is 30.7 Å². The van der Waals surface area contributed by atoms with E-state index in [4.69, 9.17) is 5.11 Å².